The number of nitrogens with zero attached hydrogens (tertiary/aromatic N) is 4. The van der Waals surface area contributed by atoms with Crippen molar-refractivity contribution in [3.63, 3.8) is 0 Å². The van der Waals surface area contributed by atoms with Crippen LogP contribution in [0.15, 0.2) is 6.07 Å². The maximum Gasteiger partial charge on any atom is 0.0635 e. The Morgan fingerprint density at radius 1 is 1.64 bits per heavy atom. The topological polar surface area (TPSA) is 44.9 Å². The van der Waals surface area contributed by atoms with Crippen molar-refractivity contribution >= 4 is 0 Å². The molecule has 0 atom stereocenters. The first kappa shape index (κ1) is 10.7. The molecule has 14 heavy (non-hydrogen) atoms. The molecule has 0 aliphatic rings. The molecule has 0 amide bonds. The zero-order valence-electron chi connectivity index (χ0n) is 8.99. The summed E-state index contributed by atoms with van der Waals surface area (Å²) in [7, 11) is 3.96. The van der Waals surface area contributed by atoms with Crippen LogP contribution in [-0.2, 0) is 13.6 Å². The number of aryl methyl sites for hydroxylation is 2. The normalized spacial score (nSPS) is 10.5. The van der Waals surface area contributed by atoms with Crippen LogP contribution in [0, 0.1) is 18.3 Å². The summed E-state index contributed by atoms with van der Waals surface area (Å²) in [5, 5.41) is 12.7. The van der Waals surface area contributed by atoms with E-state index in [2.05, 4.69) is 22.1 Å². The summed E-state index contributed by atoms with van der Waals surface area (Å²) in [6.07, 6.45) is 0.577. The molecule has 0 N–H and O–H groups in total. The van der Waals surface area contributed by atoms with Gasteiger partial charge in [0.25, 0.3) is 0 Å². The molecule has 1 rings (SSSR count). The fourth-order valence-corrected chi connectivity index (χ4v) is 1.41. The van der Waals surface area contributed by atoms with Crippen LogP contribution >= 0.6 is 0 Å². The zero-order valence-corrected chi connectivity index (χ0v) is 8.99. The van der Waals surface area contributed by atoms with Gasteiger partial charge in [0.05, 0.1) is 17.5 Å². The lowest BCUT2D eigenvalue weighted by Crippen LogP contribution is -2.20. The summed E-state index contributed by atoms with van der Waals surface area (Å²) in [6, 6.07) is 4.21. The molecule has 1 aromatic rings. The van der Waals surface area contributed by atoms with E-state index in [1.54, 1.807) is 0 Å². The second kappa shape index (κ2) is 4.77. The molecule has 0 spiro atoms. The third-order valence-electron chi connectivity index (χ3n) is 2.14. The minimum absolute atomic E-state index is 0.577. The average molecular weight is 192 g/mol. The molecule has 0 saturated carbocycles. The van der Waals surface area contributed by atoms with Crippen molar-refractivity contribution in [3.05, 3.63) is 17.5 Å². The van der Waals surface area contributed by atoms with Gasteiger partial charge in [-0.2, -0.15) is 10.4 Å². The minimum atomic E-state index is 0.577. The number of nitriles is 1. The van der Waals surface area contributed by atoms with Crippen LogP contribution in [-0.4, -0.2) is 28.3 Å². The van der Waals surface area contributed by atoms with E-state index in [-0.39, 0.29) is 0 Å². The van der Waals surface area contributed by atoms with E-state index in [1.807, 2.05) is 25.7 Å². The van der Waals surface area contributed by atoms with Crippen molar-refractivity contribution in [3.8, 4) is 6.07 Å². The molecular formula is C10H16N4. The fourth-order valence-electron chi connectivity index (χ4n) is 1.41. The lowest BCUT2D eigenvalue weighted by molar-refractivity contribution is 0.325. The number of hydrogen-bond acceptors (Lipinski definition) is 3. The molecule has 1 aromatic heterocycles. The van der Waals surface area contributed by atoms with Crippen molar-refractivity contribution in [2.24, 2.45) is 7.05 Å². The fraction of sp³-hybridized carbons (Fsp3) is 0.600. The van der Waals surface area contributed by atoms with Gasteiger partial charge < -0.3 is 0 Å². The number of rotatable bonds is 4. The first-order valence-corrected chi connectivity index (χ1v) is 4.68. The molecule has 0 saturated heterocycles. The van der Waals surface area contributed by atoms with Gasteiger partial charge in [0.1, 0.15) is 0 Å². The molecule has 76 valence electrons. The first-order valence-electron chi connectivity index (χ1n) is 4.68. The SMILES string of the molecule is Cc1cc(CN(C)CCC#N)n(C)n1. The molecule has 0 bridgehead atoms. The van der Waals surface area contributed by atoms with Gasteiger partial charge in [-0.3, -0.25) is 9.58 Å². The second-order valence-electron chi connectivity index (χ2n) is 3.55. The van der Waals surface area contributed by atoms with Crippen LogP contribution in [0.5, 0.6) is 0 Å². The standard InChI is InChI=1S/C10H16N4/c1-9-7-10(14(3)12-9)8-13(2)6-4-5-11/h7H,4,6,8H2,1-3H3. The zero-order chi connectivity index (χ0) is 10.6. The van der Waals surface area contributed by atoms with Gasteiger partial charge in [0.15, 0.2) is 0 Å². The molecule has 0 aliphatic heterocycles. The maximum atomic E-state index is 8.45. The maximum absolute atomic E-state index is 8.45. The molecule has 0 aliphatic carbocycles. The van der Waals surface area contributed by atoms with Gasteiger partial charge in [0.2, 0.25) is 0 Å². The number of aromatic nitrogens is 2. The Balaban J connectivity index is 2.52. The van der Waals surface area contributed by atoms with Gasteiger partial charge in [-0.05, 0) is 20.0 Å². The second-order valence-corrected chi connectivity index (χ2v) is 3.55. The molecule has 0 radical (unpaired) electrons. The van der Waals surface area contributed by atoms with Crippen molar-refractivity contribution in [2.75, 3.05) is 13.6 Å². The molecule has 4 nitrogen and oxygen atoms in total. The van der Waals surface area contributed by atoms with E-state index >= 15 is 0 Å². The highest BCUT2D eigenvalue weighted by atomic mass is 15.3. The van der Waals surface area contributed by atoms with Crippen molar-refractivity contribution in [1.82, 2.24) is 14.7 Å². The van der Waals surface area contributed by atoms with Crippen LogP contribution in [0.25, 0.3) is 0 Å². The Hall–Kier alpha value is -1.34. The van der Waals surface area contributed by atoms with E-state index < -0.39 is 0 Å². The van der Waals surface area contributed by atoms with E-state index in [0.29, 0.717) is 6.42 Å². The smallest absolute Gasteiger partial charge is 0.0635 e. The van der Waals surface area contributed by atoms with Crippen LogP contribution in [0.2, 0.25) is 0 Å². The largest absolute Gasteiger partial charge is 0.300 e. The summed E-state index contributed by atoms with van der Waals surface area (Å²) < 4.78 is 1.89. The van der Waals surface area contributed by atoms with Gasteiger partial charge in [0, 0.05) is 26.6 Å². The predicted octanol–water partition coefficient (Wildman–Crippen LogP) is 1.07. The summed E-state index contributed by atoms with van der Waals surface area (Å²) in [4.78, 5) is 2.12. The molecule has 1 heterocycles. The van der Waals surface area contributed by atoms with E-state index in [0.717, 1.165) is 18.8 Å². The highest BCUT2D eigenvalue weighted by molar-refractivity contribution is 5.08. The van der Waals surface area contributed by atoms with Crippen molar-refractivity contribution in [2.45, 2.75) is 19.9 Å². The minimum Gasteiger partial charge on any atom is -0.300 e. The Bertz CT molecular complexity index is 334. The van der Waals surface area contributed by atoms with Crippen LogP contribution in [0.3, 0.4) is 0 Å². The summed E-state index contributed by atoms with van der Waals surface area (Å²) in [5.41, 5.74) is 2.22. The van der Waals surface area contributed by atoms with Gasteiger partial charge in [-0.1, -0.05) is 0 Å². The molecular weight excluding hydrogens is 176 g/mol. The van der Waals surface area contributed by atoms with Gasteiger partial charge in [-0.25, -0.2) is 0 Å². The van der Waals surface area contributed by atoms with Gasteiger partial charge in [-0.15, -0.1) is 0 Å². The Morgan fingerprint density at radius 3 is 2.86 bits per heavy atom. The Morgan fingerprint density at radius 2 is 2.36 bits per heavy atom. The molecule has 0 unspecified atom stereocenters. The lowest BCUT2D eigenvalue weighted by Gasteiger charge is -2.14. The number of hydrogen-bond donors (Lipinski definition) is 0. The van der Waals surface area contributed by atoms with E-state index in [4.69, 9.17) is 5.26 Å². The van der Waals surface area contributed by atoms with Crippen LogP contribution < -0.4 is 0 Å². The van der Waals surface area contributed by atoms with Crippen molar-refractivity contribution in [1.29, 1.82) is 5.26 Å². The van der Waals surface area contributed by atoms with Crippen molar-refractivity contribution < 1.29 is 0 Å². The average Bonchev–Trinajstić information content (AvgIpc) is 2.42. The van der Waals surface area contributed by atoms with Gasteiger partial charge >= 0.3 is 0 Å². The highest BCUT2D eigenvalue weighted by Gasteiger charge is 2.04. The Kier molecular flexibility index (Phi) is 3.66. The third-order valence-corrected chi connectivity index (χ3v) is 2.14. The predicted molar refractivity (Wildman–Crippen MR) is 54.5 cm³/mol. The lowest BCUT2D eigenvalue weighted by atomic mass is 10.3. The van der Waals surface area contributed by atoms with Crippen LogP contribution in [0.4, 0.5) is 0 Å². The Labute approximate surface area is 84.7 Å². The molecule has 0 aromatic carbocycles. The summed E-state index contributed by atoms with van der Waals surface area (Å²) >= 11 is 0. The van der Waals surface area contributed by atoms with Crippen LogP contribution in [0.1, 0.15) is 17.8 Å². The third kappa shape index (κ3) is 2.86. The molecule has 0 fully saturated rings. The summed E-state index contributed by atoms with van der Waals surface area (Å²) in [5.74, 6) is 0. The highest BCUT2D eigenvalue weighted by Crippen LogP contribution is 2.04. The van der Waals surface area contributed by atoms with E-state index in [9.17, 15) is 0 Å². The molecule has 4 heteroatoms. The monoisotopic (exact) mass is 192 g/mol. The quantitative estimate of drug-likeness (QED) is 0.717. The first-order chi connectivity index (χ1) is 6.63. The van der Waals surface area contributed by atoms with E-state index in [1.165, 1.54) is 5.69 Å². The summed E-state index contributed by atoms with van der Waals surface area (Å²) in [6.45, 7) is 3.64.